The number of carbonyl (C=O) groups excluding carboxylic acids is 3. The quantitative estimate of drug-likeness (QED) is 0.695. The lowest BCUT2D eigenvalue weighted by Gasteiger charge is -2.45. The number of hydrogen-bond donors (Lipinski definition) is 0. The van der Waals surface area contributed by atoms with Crippen LogP contribution in [0.4, 0.5) is 0 Å². The largest absolute Gasteiger partial charge is 0.454 e. The molecule has 3 atom stereocenters. The molecule has 1 aliphatic heterocycles. The Labute approximate surface area is 128 Å². The molecule has 0 bridgehead atoms. The average Bonchev–Trinajstić information content (AvgIpc) is 2.69. The smallest absolute Gasteiger partial charge is 0.339 e. The molecule has 5 heteroatoms. The molecule has 0 unspecified atom stereocenters. The number of allylic oxidation sites excluding steroid dienone is 3. The Morgan fingerprint density at radius 1 is 1.36 bits per heavy atom. The Balaban J connectivity index is 2.08. The summed E-state index contributed by atoms with van der Waals surface area (Å²) in [5, 5.41) is 0. The Morgan fingerprint density at radius 2 is 2.05 bits per heavy atom. The lowest BCUT2D eigenvalue weighted by Crippen LogP contribution is -2.46. The third-order valence-electron chi connectivity index (χ3n) is 5.08. The van der Waals surface area contributed by atoms with Gasteiger partial charge in [0, 0.05) is 29.4 Å². The third-order valence-corrected chi connectivity index (χ3v) is 5.08. The second-order valence-corrected chi connectivity index (χ2v) is 6.42. The minimum Gasteiger partial charge on any atom is -0.454 e. The molecule has 0 amide bonds. The van der Waals surface area contributed by atoms with E-state index in [1.165, 1.54) is 13.0 Å². The molecule has 0 saturated carbocycles. The summed E-state index contributed by atoms with van der Waals surface area (Å²) in [5.74, 6) is -0.664. The molecular weight excluding hydrogens is 284 g/mol. The van der Waals surface area contributed by atoms with Gasteiger partial charge in [-0.3, -0.25) is 9.59 Å². The molecule has 0 aromatic carbocycles. The topological polar surface area (TPSA) is 69.7 Å². The van der Waals surface area contributed by atoms with Crippen molar-refractivity contribution in [1.82, 2.24) is 0 Å². The molecule has 0 radical (unpaired) electrons. The average molecular weight is 302 g/mol. The van der Waals surface area contributed by atoms with Gasteiger partial charge in [0.2, 0.25) is 0 Å². The number of ketones is 1. The second kappa shape index (κ2) is 4.66. The summed E-state index contributed by atoms with van der Waals surface area (Å²) in [5.41, 5.74) is 1.95. The van der Waals surface area contributed by atoms with Gasteiger partial charge in [0.15, 0.2) is 11.9 Å². The lowest BCUT2D eigenvalue weighted by molar-refractivity contribution is -0.157. The molecule has 5 nitrogen and oxygen atoms in total. The first-order valence-corrected chi connectivity index (χ1v) is 7.31. The maximum absolute atomic E-state index is 12.3. The van der Waals surface area contributed by atoms with Crippen LogP contribution >= 0.6 is 0 Å². The van der Waals surface area contributed by atoms with Gasteiger partial charge in [-0.25, -0.2) is 4.79 Å². The normalized spacial score (nSPS) is 33.6. The second-order valence-electron chi connectivity index (χ2n) is 6.42. The van der Waals surface area contributed by atoms with Crippen LogP contribution in [0.2, 0.25) is 0 Å². The highest BCUT2D eigenvalue weighted by atomic mass is 16.5. The number of rotatable bonds is 1. The molecule has 0 saturated heterocycles. The molecule has 2 aliphatic carbocycles. The highest BCUT2D eigenvalue weighted by Gasteiger charge is 2.50. The third kappa shape index (κ3) is 1.95. The van der Waals surface area contributed by atoms with Crippen LogP contribution in [0.1, 0.15) is 34.1 Å². The fourth-order valence-corrected chi connectivity index (χ4v) is 3.44. The summed E-state index contributed by atoms with van der Waals surface area (Å²) in [7, 11) is 0. The molecule has 0 N–H and O–H groups in total. The summed E-state index contributed by atoms with van der Waals surface area (Å²) < 4.78 is 10.5. The Kier molecular flexibility index (Phi) is 3.13. The highest BCUT2D eigenvalue weighted by Crippen LogP contribution is 2.53. The van der Waals surface area contributed by atoms with Crippen molar-refractivity contribution >= 4 is 17.7 Å². The van der Waals surface area contributed by atoms with Crippen molar-refractivity contribution < 1.29 is 23.9 Å². The standard InChI is InChI=1S/C17H18O5/c1-8-12-7-17(4)9(2)15(21-10(3)18)13(19)5-11(17)6-14(12)22-16(8)20/h5-6,9,15H,7H2,1-4H3/t9-,15+,17+/m0/s1. The van der Waals surface area contributed by atoms with Crippen molar-refractivity contribution in [1.29, 1.82) is 0 Å². The van der Waals surface area contributed by atoms with E-state index in [0.29, 0.717) is 17.8 Å². The summed E-state index contributed by atoms with van der Waals surface area (Å²) in [6.07, 6.45) is 3.10. The molecule has 0 fully saturated rings. The van der Waals surface area contributed by atoms with Crippen molar-refractivity contribution in [2.45, 2.75) is 40.2 Å². The fourth-order valence-electron chi connectivity index (χ4n) is 3.44. The molecule has 3 aliphatic rings. The van der Waals surface area contributed by atoms with Crippen LogP contribution in [0.3, 0.4) is 0 Å². The molecule has 0 spiro atoms. The van der Waals surface area contributed by atoms with Crippen molar-refractivity contribution in [2.75, 3.05) is 0 Å². The summed E-state index contributed by atoms with van der Waals surface area (Å²) in [4.78, 5) is 35.2. The Bertz CT molecular complexity index is 694. The minimum atomic E-state index is -0.778. The Morgan fingerprint density at radius 3 is 2.68 bits per heavy atom. The van der Waals surface area contributed by atoms with E-state index in [9.17, 15) is 14.4 Å². The number of ether oxygens (including phenoxy) is 2. The summed E-state index contributed by atoms with van der Waals surface area (Å²) in [6.45, 7) is 6.99. The van der Waals surface area contributed by atoms with Crippen molar-refractivity contribution in [3.05, 3.63) is 34.6 Å². The van der Waals surface area contributed by atoms with Gasteiger partial charge in [-0.05, 0) is 31.1 Å². The minimum absolute atomic E-state index is 0.183. The first kappa shape index (κ1) is 14.8. The van der Waals surface area contributed by atoms with Gasteiger partial charge in [0.05, 0.1) is 0 Å². The molecular formula is C17H18O5. The van der Waals surface area contributed by atoms with E-state index >= 15 is 0 Å². The van der Waals surface area contributed by atoms with Crippen LogP contribution in [0, 0.1) is 11.3 Å². The number of hydrogen-bond acceptors (Lipinski definition) is 5. The maximum atomic E-state index is 12.3. The molecule has 0 aromatic heterocycles. The van der Waals surface area contributed by atoms with Crippen molar-refractivity contribution in [3.63, 3.8) is 0 Å². The number of esters is 2. The maximum Gasteiger partial charge on any atom is 0.339 e. The van der Waals surface area contributed by atoms with Gasteiger partial charge in [0.25, 0.3) is 0 Å². The number of fused-ring (bicyclic) bond motifs is 2. The fraction of sp³-hybridized carbons (Fsp3) is 0.471. The molecule has 3 rings (SSSR count). The van der Waals surface area contributed by atoms with Gasteiger partial charge >= 0.3 is 11.9 Å². The first-order valence-electron chi connectivity index (χ1n) is 7.31. The lowest BCUT2D eigenvalue weighted by atomic mass is 9.60. The predicted molar refractivity (Wildman–Crippen MR) is 77.4 cm³/mol. The zero-order valence-corrected chi connectivity index (χ0v) is 13.1. The predicted octanol–water partition coefficient (Wildman–Crippen LogP) is 2.23. The summed E-state index contributed by atoms with van der Waals surface area (Å²) in [6, 6.07) is 0. The first-order chi connectivity index (χ1) is 10.2. The van der Waals surface area contributed by atoms with Gasteiger partial charge in [-0.15, -0.1) is 0 Å². The zero-order valence-electron chi connectivity index (χ0n) is 13.1. The summed E-state index contributed by atoms with van der Waals surface area (Å²) >= 11 is 0. The van der Waals surface area contributed by atoms with E-state index in [-0.39, 0.29) is 23.1 Å². The van der Waals surface area contributed by atoms with Gasteiger partial charge < -0.3 is 9.47 Å². The van der Waals surface area contributed by atoms with E-state index < -0.39 is 12.1 Å². The van der Waals surface area contributed by atoms with E-state index in [1.807, 2.05) is 13.8 Å². The SMILES string of the molecule is CC(=O)O[C@H]1C(=O)C=C2C=C3OC(=O)C(C)=C3C[C@]2(C)[C@H]1C. The molecule has 1 heterocycles. The number of carbonyl (C=O) groups is 3. The van der Waals surface area contributed by atoms with Crippen LogP contribution < -0.4 is 0 Å². The monoisotopic (exact) mass is 302 g/mol. The van der Waals surface area contributed by atoms with Crippen molar-refractivity contribution in [3.8, 4) is 0 Å². The molecule has 22 heavy (non-hydrogen) atoms. The van der Waals surface area contributed by atoms with Crippen LogP contribution in [-0.4, -0.2) is 23.8 Å². The Hall–Kier alpha value is -2.17. The van der Waals surface area contributed by atoms with Gasteiger partial charge in [0.1, 0.15) is 5.76 Å². The van der Waals surface area contributed by atoms with E-state index in [1.54, 1.807) is 13.0 Å². The van der Waals surface area contributed by atoms with Crippen LogP contribution in [0.25, 0.3) is 0 Å². The molecule has 0 aromatic rings. The van der Waals surface area contributed by atoms with E-state index in [2.05, 4.69) is 0 Å². The van der Waals surface area contributed by atoms with Crippen LogP contribution in [0.5, 0.6) is 0 Å². The van der Waals surface area contributed by atoms with Crippen molar-refractivity contribution in [2.24, 2.45) is 11.3 Å². The van der Waals surface area contributed by atoms with E-state index in [4.69, 9.17) is 9.47 Å². The zero-order chi connectivity index (χ0) is 16.2. The van der Waals surface area contributed by atoms with Gasteiger partial charge in [-0.1, -0.05) is 13.8 Å². The van der Waals surface area contributed by atoms with E-state index in [0.717, 1.165) is 11.1 Å². The van der Waals surface area contributed by atoms with Crippen LogP contribution in [-0.2, 0) is 23.9 Å². The highest BCUT2D eigenvalue weighted by molar-refractivity contribution is 5.98. The van der Waals surface area contributed by atoms with Gasteiger partial charge in [-0.2, -0.15) is 0 Å². The molecule has 116 valence electrons. The van der Waals surface area contributed by atoms with Crippen LogP contribution in [0.15, 0.2) is 34.6 Å².